The van der Waals surface area contributed by atoms with Gasteiger partial charge in [0, 0.05) is 11.8 Å². The summed E-state index contributed by atoms with van der Waals surface area (Å²) >= 11 is 7.36. The van der Waals surface area contributed by atoms with E-state index in [0.717, 1.165) is 17.5 Å². The minimum Gasteiger partial charge on any atom is -0.258 e. The first-order valence-corrected chi connectivity index (χ1v) is 8.45. The number of hydrogen-bond donors (Lipinski definition) is 0. The molecule has 0 aromatic carbocycles. The number of hydrogen-bond acceptors (Lipinski definition) is 6. The fourth-order valence-electron chi connectivity index (χ4n) is 1.73. The van der Waals surface area contributed by atoms with Gasteiger partial charge in [-0.05, 0) is 57.2 Å². The van der Waals surface area contributed by atoms with Gasteiger partial charge in [0.05, 0.1) is 9.85 Å². The van der Waals surface area contributed by atoms with E-state index in [1.807, 2.05) is 6.92 Å². The maximum Gasteiger partial charge on any atom is 0.363 e. The van der Waals surface area contributed by atoms with E-state index in [0.29, 0.717) is 17.7 Å². The third-order valence-corrected chi connectivity index (χ3v) is 4.70. The van der Waals surface area contributed by atoms with Gasteiger partial charge in [0.1, 0.15) is 14.7 Å². The average molecular weight is 441 g/mol. The summed E-state index contributed by atoms with van der Waals surface area (Å²) in [6.45, 7) is 3.70. The summed E-state index contributed by atoms with van der Waals surface area (Å²) in [5.74, 6) is 0. The molecule has 0 saturated carbocycles. The highest BCUT2D eigenvalue weighted by molar-refractivity contribution is 9.12. The quantitative estimate of drug-likeness (QED) is 0.370. The van der Waals surface area contributed by atoms with Crippen LogP contribution in [0.4, 0.5) is 0 Å². The summed E-state index contributed by atoms with van der Waals surface area (Å²) in [7, 11) is 0. The second-order valence-corrected chi connectivity index (χ2v) is 6.10. The second-order valence-electron chi connectivity index (χ2n) is 3.97. The van der Waals surface area contributed by atoms with Gasteiger partial charge in [0.25, 0.3) is 0 Å². The molecule has 1 rings (SSSR count). The molecule has 1 aliphatic carbocycles. The summed E-state index contributed by atoms with van der Waals surface area (Å²) < 4.78 is 4.26. The number of nitro groups is 2. The Labute approximate surface area is 142 Å². The maximum absolute atomic E-state index is 11.2. The zero-order valence-corrected chi connectivity index (χ0v) is 15.3. The molecule has 0 radical (unpaired) electrons. The Balaban J connectivity index is 3.87. The zero-order valence-electron chi connectivity index (χ0n) is 11.3. The van der Waals surface area contributed by atoms with Crippen LogP contribution in [0.25, 0.3) is 0 Å². The topological polar surface area (TPSA) is 98.6 Å². The smallest absolute Gasteiger partial charge is 0.258 e. The molecule has 1 aliphatic rings. The van der Waals surface area contributed by atoms with Gasteiger partial charge in [-0.1, -0.05) is 12.5 Å². The van der Waals surface area contributed by atoms with Gasteiger partial charge in [-0.15, -0.1) is 0 Å². The van der Waals surface area contributed by atoms with Crippen molar-refractivity contribution in [3.05, 3.63) is 51.7 Å². The highest BCUT2D eigenvalue weighted by Crippen LogP contribution is 2.41. The van der Waals surface area contributed by atoms with Crippen molar-refractivity contribution in [3.8, 4) is 0 Å². The average Bonchev–Trinajstić information content (AvgIpc) is 2.40. The summed E-state index contributed by atoms with van der Waals surface area (Å²) in [5.41, 5.74) is 0.498. The van der Waals surface area contributed by atoms with Crippen molar-refractivity contribution in [2.45, 2.75) is 20.3 Å². The lowest BCUT2D eigenvalue weighted by atomic mass is 9.96. The van der Waals surface area contributed by atoms with Crippen LogP contribution in [0.1, 0.15) is 20.3 Å². The van der Waals surface area contributed by atoms with Crippen molar-refractivity contribution in [2.24, 2.45) is 4.40 Å². The first-order valence-electron chi connectivity index (χ1n) is 5.68. The second kappa shape index (κ2) is 7.32. The molecule has 0 spiro atoms. The summed E-state index contributed by atoms with van der Waals surface area (Å²) in [4.78, 5) is 20.9. The molecule has 0 bridgehead atoms. The molecule has 10 heteroatoms. The molecule has 0 amide bonds. The Bertz CT molecular complexity index is 637. The van der Waals surface area contributed by atoms with Gasteiger partial charge < -0.3 is 0 Å². The third-order valence-electron chi connectivity index (χ3n) is 2.81. The number of halogens is 2. The minimum atomic E-state index is -0.780. The molecule has 7 nitrogen and oxygen atoms in total. The largest absolute Gasteiger partial charge is 0.363 e. The van der Waals surface area contributed by atoms with E-state index in [1.54, 1.807) is 13.2 Å². The monoisotopic (exact) mass is 439 g/mol. The molecule has 0 atom stereocenters. The van der Waals surface area contributed by atoms with Crippen molar-refractivity contribution >= 4 is 49.5 Å². The van der Waals surface area contributed by atoms with Crippen LogP contribution >= 0.6 is 43.8 Å². The molecule has 21 heavy (non-hydrogen) atoms. The lowest BCUT2D eigenvalue weighted by Gasteiger charge is -2.17. The van der Waals surface area contributed by atoms with Crippen LogP contribution in [0.5, 0.6) is 0 Å². The van der Waals surface area contributed by atoms with Crippen LogP contribution in [-0.4, -0.2) is 21.8 Å². The number of nitrogens with zero attached hydrogens (tertiary/aromatic N) is 3. The van der Waals surface area contributed by atoms with Gasteiger partial charge in [-0.3, -0.25) is 20.2 Å². The van der Waals surface area contributed by atoms with E-state index < -0.39 is 21.2 Å². The van der Waals surface area contributed by atoms with Crippen molar-refractivity contribution in [3.63, 3.8) is 0 Å². The Morgan fingerprint density at radius 1 is 1.19 bits per heavy atom. The molecule has 0 saturated heterocycles. The summed E-state index contributed by atoms with van der Waals surface area (Å²) in [5, 5.41) is 22.4. The molecule has 0 unspecified atom stereocenters. The summed E-state index contributed by atoms with van der Waals surface area (Å²) in [6, 6.07) is 0. The normalized spacial score (nSPS) is 20.1. The van der Waals surface area contributed by atoms with Crippen molar-refractivity contribution in [2.75, 3.05) is 6.26 Å². The highest BCUT2D eigenvalue weighted by atomic mass is 79.9. The van der Waals surface area contributed by atoms with Crippen LogP contribution in [-0.2, 0) is 0 Å². The highest BCUT2D eigenvalue weighted by Gasteiger charge is 2.44. The molecule has 0 aromatic rings. The predicted molar refractivity (Wildman–Crippen MR) is 89.8 cm³/mol. The van der Waals surface area contributed by atoms with Gasteiger partial charge in [-0.2, -0.15) is 0 Å². The molecule has 114 valence electrons. The summed E-state index contributed by atoms with van der Waals surface area (Å²) in [6.07, 6.45) is 2.34. The van der Waals surface area contributed by atoms with Crippen LogP contribution in [0.3, 0.4) is 0 Å². The van der Waals surface area contributed by atoms with Crippen LogP contribution in [0.15, 0.2) is 35.9 Å². The Kier molecular flexibility index (Phi) is 6.29. The Morgan fingerprint density at radius 2 is 1.67 bits per heavy atom. The van der Waals surface area contributed by atoms with Gasteiger partial charge in [0.2, 0.25) is 0 Å². The molecule has 0 aliphatic heterocycles. The number of allylic oxidation sites excluding steroid dienone is 4. The molecular weight excluding hydrogens is 430 g/mol. The molecule has 0 fully saturated rings. The van der Waals surface area contributed by atoms with Crippen molar-refractivity contribution in [1.29, 1.82) is 0 Å². The first-order chi connectivity index (χ1) is 9.77. The first kappa shape index (κ1) is 18.1. The molecule has 0 N–H and O–H groups in total. The van der Waals surface area contributed by atoms with E-state index in [2.05, 4.69) is 36.3 Å². The Morgan fingerprint density at radius 3 is 2.05 bits per heavy atom. The predicted octanol–water partition coefficient (Wildman–Crippen LogP) is 4.21. The van der Waals surface area contributed by atoms with E-state index in [1.165, 1.54) is 0 Å². The Hall–Kier alpha value is -1.00. The SMILES string of the molecule is CC/C(C)=C1/C(=NSC)C(Br)=C([N+](=O)[O-])C([N+](=O)[O-])=C1Br. The van der Waals surface area contributed by atoms with Gasteiger partial charge >= 0.3 is 11.4 Å². The van der Waals surface area contributed by atoms with Crippen LogP contribution in [0, 0.1) is 20.2 Å². The lowest BCUT2D eigenvalue weighted by Crippen LogP contribution is -2.23. The standard InChI is InChI=1S/C11H11Br2N3O4S/c1-4-5(2)6-7(12)10(15(17)18)11(16(19)20)8(13)9(6)14-21-3/h4H2,1-3H3/b6-5+,14-9?. The molecule has 0 aromatic heterocycles. The van der Waals surface area contributed by atoms with Crippen LogP contribution < -0.4 is 0 Å². The fraction of sp³-hybridized carbons (Fsp3) is 0.364. The minimum absolute atomic E-state index is 0.0135. The molecular formula is C11H11Br2N3O4S. The van der Waals surface area contributed by atoms with Crippen molar-refractivity contribution < 1.29 is 9.85 Å². The maximum atomic E-state index is 11.2. The van der Waals surface area contributed by atoms with Crippen LogP contribution in [0.2, 0.25) is 0 Å². The zero-order chi connectivity index (χ0) is 16.3. The van der Waals surface area contributed by atoms with Crippen molar-refractivity contribution in [1.82, 2.24) is 0 Å². The third kappa shape index (κ3) is 3.43. The molecule has 0 heterocycles. The van der Waals surface area contributed by atoms with E-state index in [9.17, 15) is 20.2 Å². The van der Waals surface area contributed by atoms with E-state index in [4.69, 9.17) is 0 Å². The fourth-order valence-corrected chi connectivity index (χ4v) is 3.69. The van der Waals surface area contributed by atoms with E-state index in [-0.39, 0.29) is 8.96 Å². The number of rotatable bonds is 4. The lowest BCUT2D eigenvalue weighted by molar-refractivity contribution is -0.479. The van der Waals surface area contributed by atoms with Gasteiger partial charge in [-0.25, -0.2) is 4.40 Å². The van der Waals surface area contributed by atoms with E-state index >= 15 is 0 Å². The van der Waals surface area contributed by atoms with Gasteiger partial charge in [0.15, 0.2) is 0 Å².